The van der Waals surface area contributed by atoms with Crippen molar-refractivity contribution < 1.29 is 19.5 Å². The molecule has 0 radical (unpaired) electrons. The lowest BCUT2D eigenvalue weighted by molar-refractivity contribution is 0.0696. The number of carbonyl (C=O) groups excluding carboxylic acids is 2. The molecule has 3 rings (SSSR count). The number of halogens is 1. The number of hydrogen-bond acceptors (Lipinski definition) is 5. The van der Waals surface area contributed by atoms with Crippen molar-refractivity contribution >= 4 is 39.5 Å². The van der Waals surface area contributed by atoms with Gasteiger partial charge in [0, 0.05) is 10.5 Å². The highest BCUT2D eigenvalue weighted by Crippen LogP contribution is 2.26. The maximum Gasteiger partial charge on any atom is 0.337 e. The third kappa shape index (κ3) is 2.21. The average molecular weight is 378 g/mol. The Morgan fingerprint density at radius 3 is 2.52 bits per heavy atom. The number of nitrogens with one attached hydrogen (secondary N) is 1. The highest BCUT2D eigenvalue weighted by Gasteiger charge is 2.32. The molecule has 0 saturated heterocycles. The summed E-state index contributed by atoms with van der Waals surface area (Å²) in [7, 11) is 0. The van der Waals surface area contributed by atoms with Crippen LogP contribution < -0.4 is 16.6 Å². The minimum Gasteiger partial charge on any atom is -0.478 e. The van der Waals surface area contributed by atoms with Gasteiger partial charge in [0.2, 0.25) is 0 Å². The van der Waals surface area contributed by atoms with E-state index in [9.17, 15) is 24.3 Å². The number of carboxylic acids is 1. The normalized spacial score (nSPS) is 12.9. The first-order valence-electron chi connectivity index (χ1n) is 6.25. The van der Waals surface area contributed by atoms with Crippen molar-refractivity contribution in [3.63, 3.8) is 0 Å². The Bertz CT molecular complexity index is 964. The van der Waals surface area contributed by atoms with Crippen LogP contribution in [0.3, 0.4) is 0 Å². The van der Waals surface area contributed by atoms with Crippen molar-refractivity contribution in [3.05, 3.63) is 55.8 Å². The van der Waals surface area contributed by atoms with Crippen LogP contribution in [0.1, 0.15) is 31.1 Å². The molecule has 1 aromatic heterocycles. The molecule has 0 atom stereocenters. The van der Waals surface area contributed by atoms with Crippen LogP contribution in [0.5, 0.6) is 0 Å². The largest absolute Gasteiger partial charge is 0.478 e. The van der Waals surface area contributed by atoms with Gasteiger partial charge in [0.1, 0.15) is 5.82 Å². The number of carbonyl (C=O) groups is 3. The van der Waals surface area contributed by atoms with Gasteiger partial charge in [-0.05, 0) is 18.2 Å². The molecule has 2 heterocycles. The summed E-state index contributed by atoms with van der Waals surface area (Å²) >= 11 is 3.19. The number of hydrogen-bond donors (Lipinski definition) is 3. The fraction of sp³-hybridized carbons (Fsp3) is 0. The van der Waals surface area contributed by atoms with Crippen LogP contribution in [0, 0.1) is 0 Å². The van der Waals surface area contributed by atoms with Crippen molar-refractivity contribution in [2.45, 2.75) is 0 Å². The van der Waals surface area contributed by atoms with Gasteiger partial charge in [-0.1, -0.05) is 15.9 Å². The summed E-state index contributed by atoms with van der Waals surface area (Å²) in [4.78, 5) is 47.1. The molecule has 116 valence electrons. The van der Waals surface area contributed by atoms with E-state index in [4.69, 9.17) is 5.73 Å². The van der Waals surface area contributed by atoms with Crippen LogP contribution in [0.2, 0.25) is 0 Å². The van der Waals surface area contributed by atoms with Gasteiger partial charge >= 0.3 is 5.97 Å². The number of aromatic nitrogens is 1. The highest BCUT2D eigenvalue weighted by atomic mass is 79.9. The molecule has 0 aliphatic carbocycles. The molecule has 2 aromatic rings. The number of nitrogens with two attached hydrogens (primary N) is 1. The first kappa shape index (κ1) is 15.0. The molecule has 4 N–H and O–H groups in total. The lowest BCUT2D eigenvalue weighted by atomic mass is 10.1. The van der Waals surface area contributed by atoms with E-state index in [0.29, 0.717) is 4.47 Å². The van der Waals surface area contributed by atoms with E-state index < -0.39 is 23.3 Å². The number of carboxylic acid groups (broad SMARTS) is 1. The van der Waals surface area contributed by atoms with E-state index in [2.05, 4.69) is 15.9 Å². The first-order valence-corrected chi connectivity index (χ1v) is 7.05. The quantitative estimate of drug-likeness (QED) is 0.662. The minimum atomic E-state index is -1.26. The van der Waals surface area contributed by atoms with Gasteiger partial charge in [-0.25, -0.2) is 4.79 Å². The van der Waals surface area contributed by atoms with Crippen LogP contribution in [0.4, 0.5) is 5.82 Å². The van der Waals surface area contributed by atoms with E-state index in [1.54, 1.807) is 0 Å². The number of nitrogen functional groups attached to an aromatic ring is 1. The predicted molar refractivity (Wildman–Crippen MR) is 82.9 cm³/mol. The van der Waals surface area contributed by atoms with Crippen molar-refractivity contribution in [2.75, 3.05) is 5.73 Å². The van der Waals surface area contributed by atoms with Crippen molar-refractivity contribution in [1.82, 2.24) is 9.88 Å². The number of rotatable bonds is 2. The second kappa shape index (κ2) is 5.06. The van der Waals surface area contributed by atoms with Crippen molar-refractivity contribution in [2.24, 2.45) is 0 Å². The third-order valence-corrected chi connectivity index (χ3v) is 3.88. The molecule has 0 unspecified atom stereocenters. The van der Waals surface area contributed by atoms with E-state index in [-0.39, 0.29) is 28.2 Å². The Morgan fingerprint density at radius 1 is 1.17 bits per heavy atom. The maximum absolute atomic E-state index is 12.3. The average Bonchev–Trinajstić information content (AvgIpc) is 2.73. The molecule has 0 bridgehead atoms. The monoisotopic (exact) mass is 377 g/mol. The van der Waals surface area contributed by atoms with Gasteiger partial charge in [0.15, 0.2) is 0 Å². The van der Waals surface area contributed by atoms with E-state index in [1.807, 2.05) is 5.32 Å². The number of imide groups is 1. The Labute approximate surface area is 136 Å². The summed E-state index contributed by atoms with van der Waals surface area (Å²) in [6.45, 7) is 0. The van der Waals surface area contributed by atoms with E-state index >= 15 is 0 Å². The molecular formula is C14H8BrN3O5. The van der Waals surface area contributed by atoms with E-state index in [1.165, 1.54) is 18.2 Å². The molecule has 1 aliphatic rings. The van der Waals surface area contributed by atoms with E-state index in [0.717, 1.165) is 10.6 Å². The zero-order valence-corrected chi connectivity index (χ0v) is 12.9. The molecule has 0 spiro atoms. The van der Waals surface area contributed by atoms with Gasteiger partial charge in [0.05, 0.1) is 22.4 Å². The highest BCUT2D eigenvalue weighted by molar-refractivity contribution is 9.10. The van der Waals surface area contributed by atoms with Crippen LogP contribution in [-0.2, 0) is 0 Å². The van der Waals surface area contributed by atoms with Gasteiger partial charge in [-0.3, -0.25) is 24.3 Å². The Morgan fingerprint density at radius 2 is 1.87 bits per heavy atom. The predicted octanol–water partition coefficient (Wildman–Crippen LogP) is 0.764. The molecule has 2 amide bonds. The van der Waals surface area contributed by atoms with Crippen LogP contribution >= 0.6 is 15.9 Å². The number of aromatic carboxylic acids is 1. The lowest BCUT2D eigenvalue weighted by Gasteiger charge is -2.14. The molecule has 1 aromatic carbocycles. The minimum absolute atomic E-state index is 0.00989. The standard InChI is InChI=1S/C14H8BrN3O5/c15-5-1-2-6(14(22)23)8(3-5)18-9(19)4-7-10(11(18)16)13(21)17-12(7)20/h1-4H,16H2,(H,22,23)(H,17,20,21). The van der Waals surface area contributed by atoms with Crippen LogP contribution in [0.25, 0.3) is 5.69 Å². The fourth-order valence-electron chi connectivity index (χ4n) is 2.40. The Hall–Kier alpha value is -2.94. The SMILES string of the molecule is Nc1c2c(cc(=O)n1-c1cc(Br)ccc1C(=O)O)C(=O)NC2=O. The van der Waals surface area contributed by atoms with Crippen molar-refractivity contribution in [3.8, 4) is 5.69 Å². The Kier molecular flexibility index (Phi) is 3.29. The van der Waals surface area contributed by atoms with Gasteiger partial charge in [0.25, 0.3) is 17.4 Å². The molecule has 9 heteroatoms. The molecule has 23 heavy (non-hydrogen) atoms. The first-order chi connectivity index (χ1) is 10.8. The van der Waals surface area contributed by atoms with Gasteiger partial charge in [-0.2, -0.15) is 0 Å². The fourth-order valence-corrected chi connectivity index (χ4v) is 2.75. The number of pyridine rings is 1. The summed E-state index contributed by atoms with van der Waals surface area (Å²) in [5.41, 5.74) is 4.71. The van der Waals surface area contributed by atoms with Crippen LogP contribution in [0.15, 0.2) is 33.5 Å². The Balaban J connectivity index is 2.40. The smallest absolute Gasteiger partial charge is 0.337 e. The van der Waals surface area contributed by atoms with Crippen LogP contribution in [-0.4, -0.2) is 27.5 Å². The number of nitrogens with zero attached hydrogens (tertiary/aromatic N) is 1. The number of amides is 2. The summed E-state index contributed by atoms with van der Waals surface area (Å²) in [6.07, 6.45) is 0. The number of anilines is 1. The summed E-state index contributed by atoms with van der Waals surface area (Å²) < 4.78 is 1.41. The zero-order valence-electron chi connectivity index (χ0n) is 11.3. The molecule has 0 saturated carbocycles. The molecule has 1 aliphatic heterocycles. The number of benzene rings is 1. The lowest BCUT2D eigenvalue weighted by Crippen LogP contribution is -2.25. The van der Waals surface area contributed by atoms with Crippen molar-refractivity contribution in [1.29, 1.82) is 0 Å². The second-order valence-corrected chi connectivity index (χ2v) is 5.66. The zero-order chi connectivity index (χ0) is 16.9. The summed E-state index contributed by atoms with van der Waals surface area (Å²) in [5, 5.41) is 11.3. The summed E-state index contributed by atoms with van der Waals surface area (Å²) in [6, 6.07) is 5.14. The second-order valence-electron chi connectivity index (χ2n) is 4.74. The third-order valence-electron chi connectivity index (χ3n) is 3.38. The molecule has 8 nitrogen and oxygen atoms in total. The van der Waals surface area contributed by atoms with Gasteiger partial charge < -0.3 is 10.8 Å². The summed E-state index contributed by atoms with van der Waals surface area (Å²) in [5.74, 6) is -3.01. The van der Waals surface area contributed by atoms with Gasteiger partial charge in [-0.15, -0.1) is 0 Å². The number of fused-ring (bicyclic) bond motifs is 1. The molecular weight excluding hydrogens is 370 g/mol. The maximum atomic E-state index is 12.3. The topological polar surface area (TPSA) is 131 Å². The molecule has 0 fully saturated rings.